The number of aryl methyl sites for hydroxylation is 1. The number of benzene rings is 1. The summed E-state index contributed by atoms with van der Waals surface area (Å²) in [4.78, 5) is 44.8. The monoisotopic (exact) mass is 532 g/mol. The van der Waals surface area contributed by atoms with Crippen LogP contribution in [0.4, 0.5) is 5.69 Å². The van der Waals surface area contributed by atoms with Crippen LogP contribution in [0.3, 0.4) is 0 Å². The number of nitrogens with zero attached hydrogens (tertiary/aromatic N) is 2. The molecule has 2 bridgehead atoms. The summed E-state index contributed by atoms with van der Waals surface area (Å²) >= 11 is 8.12. The average Bonchev–Trinajstić information content (AvgIpc) is 3.41. The first-order valence-electron chi connectivity index (χ1n) is 12.2. The summed E-state index contributed by atoms with van der Waals surface area (Å²) in [7, 11) is 0. The lowest BCUT2D eigenvalue weighted by Gasteiger charge is -2.39. The summed E-state index contributed by atoms with van der Waals surface area (Å²) in [5, 5.41) is 10.5. The van der Waals surface area contributed by atoms with Gasteiger partial charge in [0.15, 0.2) is 0 Å². The normalized spacial score (nSPS) is 31.2. The molecule has 3 heterocycles. The lowest BCUT2D eigenvalue weighted by Crippen LogP contribution is -2.57. The first-order valence-corrected chi connectivity index (χ1v) is 13.4. The highest BCUT2D eigenvalue weighted by molar-refractivity contribution is 8.02. The molecule has 3 aliphatic rings. The lowest BCUT2D eigenvalue weighted by molar-refractivity contribution is -0.155. The number of carbonyl (C=O) groups excluding carboxylic acids is 3. The van der Waals surface area contributed by atoms with Gasteiger partial charge in [0, 0.05) is 11.3 Å². The Bertz CT molecular complexity index is 1090. The number of ether oxygens (including phenoxy) is 1. The van der Waals surface area contributed by atoms with Gasteiger partial charge in [0.05, 0.1) is 39.9 Å². The highest BCUT2D eigenvalue weighted by atomic mass is 35.5. The van der Waals surface area contributed by atoms with Gasteiger partial charge in [-0.15, -0.1) is 18.3 Å². The van der Waals surface area contributed by atoms with Gasteiger partial charge >= 0.3 is 5.97 Å². The Kier molecular flexibility index (Phi) is 7.34. The van der Waals surface area contributed by atoms with Crippen molar-refractivity contribution in [3.05, 3.63) is 54.1 Å². The predicted molar refractivity (Wildman–Crippen MR) is 142 cm³/mol. The van der Waals surface area contributed by atoms with E-state index < -0.39 is 39.4 Å². The van der Waals surface area contributed by atoms with Crippen LogP contribution in [0.15, 0.2) is 43.5 Å². The number of likely N-dealkylation sites (tertiary alicyclic amines) is 1. The Morgan fingerprint density at radius 3 is 2.69 bits per heavy atom. The largest absolute Gasteiger partial charge is 0.461 e. The SMILES string of the molecule is C=CCOC(=O)[C@@H]1[C@H]2C(=O)N([C@H](C)CO)C(C(=O)N(CC=C)c3c(C)cccc3Cl)C23CC[C@@]1(C)S3. The van der Waals surface area contributed by atoms with Crippen LogP contribution in [0.1, 0.15) is 32.3 Å². The minimum Gasteiger partial charge on any atom is -0.461 e. The molecule has 7 nitrogen and oxygen atoms in total. The predicted octanol–water partition coefficient (Wildman–Crippen LogP) is 3.76. The van der Waals surface area contributed by atoms with Gasteiger partial charge in [-0.25, -0.2) is 0 Å². The van der Waals surface area contributed by atoms with Crippen molar-refractivity contribution in [2.75, 3.05) is 24.7 Å². The molecule has 1 aromatic carbocycles. The van der Waals surface area contributed by atoms with Crippen LogP contribution in [-0.2, 0) is 19.1 Å². The summed E-state index contributed by atoms with van der Waals surface area (Å²) < 4.78 is 4.08. The lowest BCUT2D eigenvalue weighted by atomic mass is 9.66. The fourth-order valence-electron chi connectivity index (χ4n) is 6.33. The van der Waals surface area contributed by atoms with Gasteiger partial charge in [-0.05, 0) is 45.2 Å². The van der Waals surface area contributed by atoms with Crippen LogP contribution in [0, 0.1) is 18.8 Å². The number of thioether (sulfide) groups is 1. The Hall–Kier alpha value is -2.29. The van der Waals surface area contributed by atoms with Gasteiger partial charge in [-0.2, -0.15) is 0 Å². The standard InChI is InChI=1S/C27H33ClN2O5S/c1-6-13-29(21-16(3)9-8-10-18(21)28)24(33)22-27-12-11-26(5,36-27)20(25(34)35-14-7-2)19(27)23(32)30(22)17(4)15-31/h6-10,17,19-20,22,31H,1-2,11-15H2,3-5H3/t17-,19+,20+,22?,26-,27?/m1/s1. The molecule has 0 radical (unpaired) electrons. The summed E-state index contributed by atoms with van der Waals surface area (Å²) in [5.74, 6) is -2.44. The topological polar surface area (TPSA) is 87.1 Å². The molecule has 9 heteroatoms. The summed E-state index contributed by atoms with van der Waals surface area (Å²) in [6.07, 6.45) is 4.40. The van der Waals surface area contributed by atoms with Crippen molar-refractivity contribution in [1.82, 2.24) is 4.90 Å². The maximum absolute atomic E-state index is 14.5. The number of aliphatic hydroxyl groups excluding tert-OH is 1. The van der Waals surface area contributed by atoms with E-state index in [1.807, 2.05) is 26.0 Å². The van der Waals surface area contributed by atoms with Gasteiger partial charge < -0.3 is 19.6 Å². The van der Waals surface area contributed by atoms with Crippen molar-refractivity contribution < 1.29 is 24.2 Å². The summed E-state index contributed by atoms with van der Waals surface area (Å²) in [6, 6.07) is 3.94. The fraction of sp³-hybridized carbons (Fsp3) is 0.519. The maximum Gasteiger partial charge on any atom is 0.311 e. The number of fused-ring (bicyclic) bond motifs is 1. The van der Waals surface area contributed by atoms with Gasteiger partial charge in [-0.3, -0.25) is 14.4 Å². The molecular formula is C27H33ClN2O5S. The fourth-order valence-corrected chi connectivity index (χ4v) is 8.98. The quantitative estimate of drug-likeness (QED) is 0.385. The number of para-hydroxylation sites is 1. The molecule has 1 spiro atoms. The van der Waals surface area contributed by atoms with Gasteiger partial charge in [-0.1, -0.05) is 42.5 Å². The van der Waals surface area contributed by atoms with Crippen LogP contribution >= 0.6 is 23.4 Å². The zero-order valence-electron chi connectivity index (χ0n) is 20.9. The van der Waals surface area contributed by atoms with E-state index in [-0.39, 0.29) is 31.6 Å². The van der Waals surface area contributed by atoms with E-state index in [0.29, 0.717) is 23.6 Å². The van der Waals surface area contributed by atoms with Gasteiger partial charge in [0.1, 0.15) is 12.6 Å². The molecule has 3 saturated heterocycles. The molecule has 2 amide bonds. The third-order valence-corrected chi connectivity index (χ3v) is 10.1. The molecule has 3 fully saturated rings. The highest BCUT2D eigenvalue weighted by Gasteiger charge is 2.78. The van der Waals surface area contributed by atoms with E-state index in [2.05, 4.69) is 13.2 Å². The van der Waals surface area contributed by atoms with Crippen LogP contribution in [0.5, 0.6) is 0 Å². The minimum absolute atomic E-state index is 0.0575. The van der Waals surface area contributed by atoms with E-state index in [0.717, 1.165) is 5.56 Å². The number of rotatable bonds is 9. The Balaban J connectivity index is 1.84. The molecule has 0 saturated carbocycles. The number of carbonyl (C=O) groups is 3. The van der Waals surface area contributed by atoms with Crippen molar-refractivity contribution in [1.29, 1.82) is 0 Å². The van der Waals surface area contributed by atoms with Crippen LogP contribution in [0.25, 0.3) is 0 Å². The summed E-state index contributed by atoms with van der Waals surface area (Å²) in [6.45, 7) is 13.0. The second-order valence-electron chi connectivity index (χ2n) is 10.1. The van der Waals surface area contributed by atoms with E-state index in [9.17, 15) is 19.5 Å². The smallest absolute Gasteiger partial charge is 0.311 e. The molecule has 1 aromatic rings. The average molecular weight is 533 g/mol. The van der Waals surface area contributed by atoms with Crippen molar-refractivity contribution in [2.24, 2.45) is 11.8 Å². The van der Waals surface area contributed by atoms with Crippen molar-refractivity contribution in [2.45, 2.75) is 55.2 Å². The molecule has 1 N–H and O–H groups in total. The second-order valence-corrected chi connectivity index (χ2v) is 12.4. The third-order valence-electron chi connectivity index (χ3n) is 7.82. The number of hydrogen-bond donors (Lipinski definition) is 1. The van der Waals surface area contributed by atoms with Gasteiger partial charge in [0.2, 0.25) is 5.91 Å². The third kappa shape index (κ3) is 3.89. The molecule has 36 heavy (non-hydrogen) atoms. The van der Waals surface area contributed by atoms with Crippen LogP contribution in [0.2, 0.25) is 5.02 Å². The van der Waals surface area contributed by atoms with Crippen molar-refractivity contribution in [3.63, 3.8) is 0 Å². The van der Waals surface area contributed by atoms with Crippen molar-refractivity contribution in [3.8, 4) is 0 Å². The first kappa shape index (κ1) is 26.8. The van der Waals surface area contributed by atoms with Crippen LogP contribution in [-0.4, -0.2) is 69.1 Å². The number of hydrogen-bond acceptors (Lipinski definition) is 6. The number of halogens is 1. The molecule has 3 aliphatic heterocycles. The Morgan fingerprint density at radius 1 is 1.36 bits per heavy atom. The van der Waals surface area contributed by atoms with Crippen LogP contribution < -0.4 is 4.90 Å². The molecule has 0 aliphatic carbocycles. The van der Waals surface area contributed by atoms with Gasteiger partial charge in [0.25, 0.3) is 5.91 Å². The number of esters is 1. The maximum atomic E-state index is 14.5. The Morgan fingerprint density at radius 2 is 2.08 bits per heavy atom. The van der Waals surface area contributed by atoms with E-state index in [1.54, 1.807) is 35.7 Å². The second kappa shape index (κ2) is 9.88. The van der Waals surface area contributed by atoms with E-state index in [1.165, 1.54) is 11.0 Å². The minimum atomic E-state index is -0.878. The molecule has 194 valence electrons. The zero-order valence-corrected chi connectivity index (χ0v) is 22.5. The molecule has 4 rings (SSSR count). The highest BCUT2D eigenvalue weighted by Crippen LogP contribution is 2.71. The number of amides is 2. The molecule has 0 aromatic heterocycles. The number of anilines is 1. The van der Waals surface area contributed by atoms with Crippen molar-refractivity contribution >= 4 is 46.8 Å². The van der Waals surface area contributed by atoms with E-state index >= 15 is 0 Å². The first-order chi connectivity index (χ1) is 17.1. The molecular weight excluding hydrogens is 500 g/mol. The summed E-state index contributed by atoms with van der Waals surface area (Å²) in [5.41, 5.74) is 1.39. The number of aliphatic hydroxyl groups is 1. The molecule has 2 unspecified atom stereocenters. The zero-order chi connectivity index (χ0) is 26.4. The molecule has 6 atom stereocenters. The Labute approximate surface area is 221 Å². The van der Waals surface area contributed by atoms with E-state index in [4.69, 9.17) is 16.3 Å².